The highest BCUT2D eigenvalue weighted by atomic mass is 32.2. The summed E-state index contributed by atoms with van der Waals surface area (Å²) < 4.78 is 40.4. The predicted molar refractivity (Wildman–Crippen MR) is 124 cm³/mol. The summed E-state index contributed by atoms with van der Waals surface area (Å²) in [6, 6.07) is 14.3. The van der Waals surface area contributed by atoms with Gasteiger partial charge in [-0.1, -0.05) is 48.0 Å². The molecule has 2 aromatic rings. The van der Waals surface area contributed by atoms with E-state index in [1.807, 2.05) is 0 Å². The van der Waals surface area contributed by atoms with Crippen molar-refractivity contribution in [2.75, 3.05) is 25.4 Å². The molecule has 0 unspecified atom stereocenters. The Morgan fingerprint density at radius 3 is 2.61 bits per heavy atom. The lowest BCUT2D eigenvalue weighted by molar-refractivity contribution is -0.125. The van der Waals surface area contributed by atoms with E-state index in [2.05, 4.69) is 36.5 Å². The summed E-state index contributed by atoms with van der Waals surface area (Å²) in [7, 11) is -3.60. The topological polar surface area (TPSA) is 66.5 Å². The molecule has 0 spiro atoms. The van der Waals surface area contributed by atoms with Crippen molar-refractivity contribution in [3.8, 4) is 0 Å². The standard InChI is InChI=1S/C23H29FN2O3S2/c1-18-5-4-6-19(15-18)16-30-14-11-25-23(27)20-9-12-26(13-10-20)31(28,29)17-21-7-2-3-8-22(21)24/h2-8,15,20H,9-14,16-17H2,1H3,(H,25,27). The van der Waals surface area contributed by atoms with Gasteiger partial charge in [0.25, 0.3) is 0 Å². The first-order chi connectivity index (χ1) is 14.8. The number of sulfonamides is 1. The first-order valence-corrected chi connectivity index (χ1v) is 13.2. The molecular formula is C23H29FN2O3S2. The lowest BCUT2D eigenvalue weighted by Crippen LogP contribution is -2.43. The Labute approximate surface area is 188 Å². The van der Waals surface area contributed by atoms with Gasteiger partial charge in [0, 0.05) is 42.6 Å². The third-order valence-electron chi connectivity index (χ3n) is 5.41. The second-order valence-corrected chi connectivity index (χ2v) is 10.9. The number of piperidine rings is 1. The number of thioether (sulfide) groups is 1. The molecule has 1 saturated heterocycles. The van der Waals surface area contributed by atoms with Crippen molar-refractivity contribution in [3.05, 3.63) is 71.0 Å². The molecule has 1 fully saturated rings. The Bertz CT molecular complexity index is 990. The number of benzene rings is 2. The zero-order valence-corrected chi connectivity index (χ0v) is 19.4. The summed E-state index contributed by atoms with van der Waals surface area (Å²) in [5.74, 6) is 0.685. The van der Waals surface area contributed by atoms with E-state index in [9.17, 15) is 17.6 Å². The highest BCUT2D eigenvalue weighted by molar-refractivity contribution is 7.98. The van der Waals surface area contributed by atoms with E-state index < -0.39 is 15.8 Å². The van der Waals surface area contributed by atoms with Crippen LogP contribution in [0.5, 0.6) is 0 Å². The molecule has 31 heavy (non-hydrogen) atoms. The zero-order valence-electron chi connectivity index (χ0n) is 17.7. The fourth-order valence-corrected chi connectivity index (χ4v) is 6.06. The van der Waals surface area contributed by atoms with Gasteiger partial charge in [-0.3, -0.25) is 4.79 Å². The van der Waals surface area contributed by atoms with Crippen LogP contribution in [0.25, 0.3) is 0 Å². The second kappa shape index (κ2) is 11.1. The lowest BCUT2D eigenvalue weighted by Gasteiger charge is -2.30. The van der Waals surface area contributed by atoms with Gasteiger partial charge >= 0.3 is 0 Å². The van der Waals surface area contributed by atoms with E-state index in [-0.39, 0.29) is 36.2 Å². The van der Waals surface area contributed by atoms with Crippen LogP contribution < -0.4 is 5.32 Å². The number of carbonyl (C=O) groups excluding carboxylic acids is 1. The lowest BCUT2D eigenvalue weighted by atomic mass is 9.97. The molecular weight excluding hydrogens is 435 g/mol. The van der Waals surface area contributed by atoms with E-state index in [1.54, 1.807) is 17.8 Å². The van der Waals surface area contributed by atoms with Gasteiger partial charge in [-0.2, -0.15) is 11.8 Å². The summed E-state index contributed by atoms with van der Waals surface area (Å²) in [4.78, 5) is 12.4. The maximum atomic E-state index is 13.8. The van der Waals surface area contributed by atoms with Crippen LogP contribution in [0.2, 0.25) is 0 Å². The molecule has 0 aromatic heterocycles. The molecule has 2 aromatic carbocycles. The average molecular weight is 465 g/mol. The van der Waals surface area contributed by atoms with Crippen molar-refractivity contribution < 1.29 is 17.6 Å². The SMILES string of the molecule is Cc1cccc(CSCCNC(=O)C2CCN(S(=O)(=O)Cc3ccccc3F)CC2)c1. The van der Waals surface area contributed by atoms with Gasteiger partial charge in [-0.15, -0.1) is 0 Å². The van der Waals surface area contributed by atoms with Gasteiger partial charge in [0.05, 0.1) is 5.75 Å². The smallest absolute Gasteiger partial charge is 0.223 e. The maximum Gasteiger partial charge on any atom is 0.223 e. The van der Waals surface area contributed by atoms with Crippen LogP contribution in [0.15, 0.2) is 48.5 Å². The van der Waals surface area contributed by atoms with Crippen LogP contribution in [0.3, 0.4) is 0 Å². The van der Waals surface area contributed by atoms with Gasteiger partial charge < -0.3 is 5.32 Å². The van der Waals surface area contributed by atoms with Crippen molar-refractivity contribution in [2.45, 2.75) is 31.3 Å². The number of rotatable bonds is 9. The van der Waals surface area contributed by atoms with Crippen molar-refractivity contribution in [2.24, 2.45) is 5.92 Å². The number of carbonyl (C=O) groups is 1. The molecule has 5 nitrogen and oxygen atoms in total. The van der Waals surface area contributed by atoms with E-state index in [0.717, 1.165) is 11.5 Å². The van der Waals surface area contributed by atoms with Gasteiger partial charge in [-0.05, 0) is 31.4 Å². The number of nitrogens with one attached hydrogen (secondary N) is 1. The second-order valence-electron chi connectivity index (χ2n) is 7.85. The normalized spacial score (nSPS) is 15.7. The molecule has 1 N–H and O–H groups in total. The highest BCUT2D eigenvalue weighted by Gasteiger charge is 2.31. The van der Waals surface area contributed by atoms with Gasteiger partial charge in [0.2, 0.25) is 15.9 Å². The fourth-order valence-electron chi connectivity index (χ4n) is 3.68. The molecule has 1 amide bonds. The molecule has 168 valence electrons. The van der Waals surface area contributed by atoms with E-state index in [4.69, 9.17) is 0 Å². The summed E-state index contributed by atoms with van der Waals surface area (Å²) in [6.07, 6.45) is 0.970. The Balaban J connectivity index is 1.37. The minimum atomic E-state index is -3.60. The van der Waals surface area contributed by atoms with Crippen LogP contribution in [0.1, 0.15) is 29.5 Å². The number of hydrogen-bond acceptors (Lipinski definition) is 4. The Morgan fingerprint density at radius 1 is 1.16 bits per heavy atom. The van der Waals surface area contributed by atoms with Crippen molar-refractivity contribution in [3.63, 3.8) is 0 Å². The number of amides is 1. The molecule has 3 rings (SSSR count). The van der Waals surface area contributed by atoms with Gasteiger partial charge in [0.1, 0.15) is 5.82 Å². The summed E-state index contributed by atoms with van der Waals surface area (Å²) in [6.45, 7) is 3.25. The first kappa shape index (κ1) is 23.8. The summed E-state index contributed by atoms with van der Waals surface area (Å²) >= 11 is 1.78. The quantitative estimate of drug-likeness (QED) is 0.575. The summed E-state index contributed by atoms with van der Waals surface area (Å²) in [5.41, 5.74) is 2.69. The molecule has 0 atom stereocenters. The first-order valence-electron chi connectivity index (χ1n) is 10.5. The van der Waals surface area contributed by atoms with Gasteiger partial charge in [0.15, 0.2) is 0 Å². The average Bonchev–Trinajstić information content (AvgIpc) is 2.75. The Hall–Kier alpha value is -1.90. The molecule has 0 saturated carbocycles. The van der Waals surface area contributed by atoms with Crippen LogP contribution in [-0.4, -0.2) is 44.0 Å². The third-order valence-corrected chi connectivity index (χ3v) is 8.27. The Kier molecular flexibility index (Phi) is 8.51. The highest BCUT2D eigenvalue weighted by Crippen LogP contribution is 2.22. The predicted octanol–water partition coefficient (Wildman–Crippen LogP) is 3.73. The molecule has 0 aliphatic carbocycles. The molecule has 1 aliphatic rings. The monoisotopic (exact) mass is 464 g/mol. The number of halogens is 1. The van der Waals surface area contributed by atoms with Crippen LogP contribution in [0, 0.1) is 18.7 Å². The van der Waals surface area contributed by atoms with Crippen molar-refractivity contribution in [1.82, 2.24) is 9.62 Å². The number of hydrogen-bond donors (Lipinski definition) is 1. The van der Waals surface area contributed by atoms with E-state index in [0.29, 0.717) is 19.4 Å². The van der Waals surface area contributed by atoms with Crippen LogP contribution in [0.4, 0.5) is 4.39 Å². The fraction of sp³-hybridized carbons (Fsp3) is 0.435. The van der Waals surface area contributed by atoms with Crippen molar-refractivity contribution >= 4 is 27.7 Å². The minimum absolute atomic E-state index is 0.0118. The number of nitrogens with zero attached hydrogens (tertiary/aromatic N) is 1. The molecule has 1 aliphatic heterocycles. The van der Waals surface area contributed by atoms with Crippen LogP contribution in [-0.2, 0) is 26.3 Å². The van der Waals surface area contributed by atoms with E-state index >= 15 is 0 Å². The molecule has 1 heterocycles. The number of aryl methyl sites for hydroxylation is 1. The minimum Gasteiger partial charge on any atom is -0.355 e. The largest absolute Gasteiger partial charge is 0.355 e. The van der Waals surface area contributed by atoms with Crippen molar-refractivity contribution in [1.29, 1.82) is 0 Å². The molecule has 8 heteroatoms. The zero-order chi connectivity index (χ0) is 22.3. The van der Waals surface area contributed by atoms with E-state index in [1.165, 1.54) is 33.6 Å². The maximum absolute atomic E-state index is 13.8. The van der Waals surface area contributed by atoms with Gasteiger partial charge in [-0.25, -0.2) is 17.1 Å². The summed E-state index contributed by atoms with van der Waals surface area (Å²) in [5, 5.41) is 2.97. The molecule has 0 radical (unpaired) electrons. The van der Waals surface area contributed by atoms with Crippen LogP contribution >= 0.6 is 11.8 Å². The molecule has 0 bridgehead atoms. The third kappa shape index (κ3) is 7.05. The Morgan fingerprint density at radius 2 is 1.90 bits per heavy atom.